The minimum Gasteiger partial charge on any atom is -0.356 e. The molecule has 1 atom stereocenters. The van der Waals surface area contributed by atoms with Crippen LogP contribution in [0, 0.1) is 11.3 Å². The Hall–Kier alpha value is -0.530. The molecule has 2 heteroatoms. The molecule has 0 aromatic carbocycles. The Balaban J connectivity index is 1.88. The molecule has 1 N–H and O–H groups in total. The fraction of sp³-hybridized carbons (Fsp3) is 0.909. The van der Waals surface area contributed by atoms with Gasteiger partial charge in [-0.1, -0.05) is 19.3 Å². The van der Waals surface area contributed by atoms with Gasteiger partial charge in [-0.2, -0.15) is 0 Å². The lowest BCUT2D eigenvalue weighted by Gasteiger charge is -2.21. The smallest absolute Gasteiger partial charge is 0.223 e. The van der Waals surface area contributed by atoms with Crippen molar-refractivity contribution in [3.05, 3.63) is 0 Å². The predicted molar refractivity (Wildman–Crippen MR) is 52.3 cm³/mol. The minimum absolute atomic E-state index is 0.310. The topological polar surface area (TPSA) is 29.1 Å². The number of nitrogens with one attached hydrogen (secondary N) is 1. The molecule has 13 heavy (non-hydrogen) atoms. The number of amides is 1. The first kappa shape index (κ1) is 9.04. The first-order valence-electron chi connectivity index (χ1n) is 5.56. The van der Waals surface area contributed by atoms with E-state index in [0.717, 1.165) is 6.54 Å². The van der Waals surface area contributed by atoms with Crippen molar-refractivity contribution < 1.29 is 4.79 Å². The number of rotatable bonds is 2. The SMILES string of the molecule is CCNC(=O)C1CC12CCCCC2. The molecule has 0 heterocycles. The second-order valence-corrected chi connectivity index (χ2v) is 4.57. The van der Waals surface area contributed by atoms with E-state index in [4.69, 9.17) is 0 Å². The molecule has 2 nitrogen and oxygen atoms in total. The summed E-state index contributed by atoms with van der Waals surface area (Å²) >= 11 is 0. The quantitative estimate of drug-likeness (QED) is 0.694. The van der Waals surface area contributed by atoms with Crippen LogP contribution in [0.5, 0.6) is 0 Å². The molecule has 0 aliphatic heterocycles. The molecule has 2 fully saturated rings. The third-order valence-electron chi connectivity index (χ3n) is 3.71. The molecule has 2 rings (SSSR count). The predicted octanol–water partition coefficient (Wildman–Crippen LogP) is 2.09. The third-order valence-corrected chi connectivity index (χ3v) is 3.71. The van der Waals surface area contributed by atoms with Crippen molar-refractivity contribution in [3.8, 4) is 0 Å². The lowest BCUT2D eigenvalue weighted by Crippen LogP contribution is -2.27. The molecular formula is C11H19NO. The zero-order valence-corrected chi connectivity index (χ0v) is 8.44. The van der Waals surface area contributed by atoms with Gasteiger partial charge in [0.15, 0.2) is 0 Å². The fourth-order valence-corrected chi connectivity index (χ4v) is 2.82. The molecule has 1 spiro atoms. The molecule has 2 aliphatic carbocycles. The highest BCUT2D eigenvalue weighted by atomic mass is 16.2. The normalized spacial score (nSPS) is 30.1. The second-order valence-electron chi connectivity index (χ2n) is 4.57. The Kier molecular flexibility index (Phi) is 2.31. The molecule has 0 aromatic rings. The Morgan fingerprint density at radius 1 is 1.38 bits per heavy atom. The maximum atomic E-state index is 11.6. The van der Waals surface area contributed by atoms with Crippen molar-refractivity contribution in [2.24, 2.45) is 11.3 Å². The highest BCUT2D eigenvalue weighted by molar-refractivity contribution is 5.82. The third kappa shape index (κ3) is 1.59. The van der Waals surface area contributed by atoms with E-state index in [9.17, 15) is 4.79 Å². The van der Waals surface area contributed by atoms with Crippen molar-refractivity contribution in [3.63, 3.8) is 0 Å². The molecule has 0 radical (unpaired) electrons. The zero-order chi connectivity index (χ0) is 9.31. The van der Waals surface area contributed by atoms with Gasteiger partial charge in [0.1, 0.15) is 0 Å². The monoisotopic (exact) mass is 181 g/mol. The van der Waals surface area contributed by atoms with Crippen LogP contribution in [-0.2, 0) is 4.79 Å². The van der Waals surface area contributed by atoms with Crippen LogP contribution in [0.2, 0.25) is 0 Å². The van der Waals surface area contributed by atoms with Gasteiger partial charge in [-0.25, -0.2) is 0 Å². The molecule has 2 aliphatic rings. The van der Waals surface area contributed by atoms with Gasteiger partial charge >= 0.3 is 0 Å². The van der Waals surface area contributed by atoms with Crippen molar-refractivity contribution >= 4 is 5.91 Å². The molecular weight excluding hydrogens is 162 g/mol. The van der Waals surface area contributed by atoms with Gasteiger partial charge < -0.3 is 5.32 Å². The Morgan fingerprint density at radius 2 is 2.08 bits per heavy atom. The van der Waals surface area contributed by atoms with Crippen LogP contribution < -0.4 is 5.32 Å². The summed E-state index contributed by atoms with van der Waals surface area (Å²) in [6.07, 6.45) is 7.83. The highest BCUT2D eigenvalue weighted by Gasteiger charge is 2.57. The number of hydrogen-bond donors (Lipinski definition) is 1. The van der Waals surface area contributed by atoms with E-state index in [1.165, 1.54) is 38.5 Å². The number of hydrogen-bond acceptors (Lipinski definition) is 1. The van der Waals surface area contributed by atoms with E-state index in [-0.39, 0.29) is 0 Å². The Labute approximate surface area is 80.1 Å². The lowest BCUT2D eigenvalue weighted by atomic mass is 9.84. The van der Waals surface area contributed by atoms with E-state index in [1.807, 2.05) is 6.92 Å². The fourth-order valence-electron chi connectivity index (χ4n) is 2.82. The summed E-state index contributed by atoms with van der Waals surface area (Å²) in [4.78, 5) is 11.6. The van der Waals surface area contributed by atoms with Crippen molar-refractivity contribution in [2.75, 3.05) is 6.54 Å². The van der Waals surface area contributed by atoms with Gasteiger partial charge in [0.25, 0.3) is 0 Å². The number of carbonyl (C=O) groups excluding carboxylic acids is 1. The lowest BCUT2D eigenvalue weighted by molar-refractivity contribution is -0.123. The van der Waals surface area contributed by atoms with E-state index in [2.05, 4.69) is 5.32 Å². The maximum absolute atomic E-state index is 11.6. The summed E-state index contributed by atoms with van der Waals surface area (Å²) < 4.78 is 0. The van der Waals surface area contributed by atoms with Crippen LogP contribution >= 0.6 is 0 Å². The van der Waals surface area contributed by atoms with Gasteiger partial charge in [0.05, 0.1) is 0 Å². The van der Waals surface area contributed by atoms with E-state index >= 15 is 0 Å². The molecule has 74 valence electrons. The molecule has 0 aromatic heterocycles. The second kappa shape index (κ2) is 3.32. The number of carbonyl (C=O) groups is 1. The summed E-state index contributed by atoms with van der Waals surface area (Å²) in [5, 5.41) is 2.94. The Bertz CT molecular complexity index is 206. The summed E-state index contributed by atoms with van der Waals surface area (Å²) in [6, 6.07) is 0. The van der Waals surface area contributed by atoms with Gasteiger partial charge in [-0.3, -0.25) is 4.79 Å². The van der Waals surface area contributed by atoms with Gasteiger partial charge in [0.2, 0.25) is 5.91 Å². The van der Waals surface area contributed by atoms with E-state index in [0.29, 0.717) is 17.2 Å². The van der Waals surface area contributed by atoms with Crippen molar-refractivity contribution in [1.82, 2.24) is 5.32 Å². The zero-order valence-electron chi connectivity index (χ0n) is 8.44. The van der Waals surface area contributed by atoms with Crippen LogP contribution in [-0.4, -0.2) is 12.5 Å². The largest absolute Gasteiger partial charge is 0.356 e. The average molecular weight is 181 g/mol. The first-order chi connectivity index (χ1) is 6.28. The first-order valence-corrected chi connectivity index (χ1v) is 5.56. The molecule has 1 amide bonds. The van der Waals surface area contributed by atoms with Gasteiger partial charge in [-0.15, -0.1) is 0 Å². The minimum atomic E-state index is 0.310. The summed E-state index contributed by atoms with van der Waals surface area (Å²) in [7, 11) is 0. The summed E-state index contributed by atoms with van der Waals surface area (Å²) in [6.45, 7) is 2.78. The van der Waals surface area contributed by atoms with Crippen LogP contribution in [0.25, 0.3) is 0 Å². The van der Waals surface area contributed by atoms with Gasteiger partial charge in [-0.05, 0) is 31.6 Å². The molecule has 1 unspecified atom stereocenters. The van der Waals surface area contributed by atoms with Crippen LogP contribution in [0.1, 0.15) is 45.4 Å². The van der Waals surface area contributed by atoms with E-state index in [1.54, 1.807) is 0 Å². The summed E-state index contributed by atoms with van der Waals surface area (Å²) in [5.74, 6) is 0.678. The van der Waals surface area contributed by atoms with Crippen LogP contribution in [0.15, 0.2) is 0 Å². The van der Waals surface area contributed by atoms with Crippen LogP contribution in [0.3, 0.4) is 0 Å². The highest BCUT2D eigenvalue weighted by Crippen LogP contribution is 2.61. The van der Waals surface area contributed by atoms with Crippen molar-refractivity contribution in [1.29, 1.82) is 0 Å². The Morgan fingerprint density at radius 3 is 2.69 bits per heavy atom. The standard InChI is InChI=1S/C11H19NO/c1-2-12-10(13)9-8-11(9)6-4-3-5-7-11/h9H,2-8H2,1H3,(H,12,13). The van der Waals surface area contributed by atoms with E-state index < -0.39 is 0 Å². The maximum Gasteiger partial charge on any atom is 0.223 e. The molecule has 0 bridgehead atoms. The van der Waals surface area contributed by atoms with Crippen LogP contribution in [0.4, 0.5) is 0 Å². The van der Waals surface area contributed by atoms with Gasteiger partial charge in [0, 0.05) is 12.5 Å². The molecule has 0 saturated heterocycles. The molecule has 2 saturated carbocycles. The van der Waals surface area contributed by atoms with Crippen molar-refractivity contribution in [2.45, 2.75) is 45.4 Å². The summed E-state index contributed by atoms with van der Waals surface area (Å²) in [5.41, 5.74) is 0.456. The average Bonchev–Trinajstić information content (AvgIpc) is 2.81.